The summed E-state index contributed by atoms with van der Waals surface area (Å²) in [7, 11) is -3.64. The maximum absolute atomic E-state index is 12.2. The van der Waals surface area contributed by atoms with Crippen LogP contribution in [-0.2, 0) is 10.0 Å². The summed E-state index contributed by atoms with van der Waals surface area (Å²) in [4.78, 5) is 0. The van der Waals surface area contributed by atoms with Crippen molar-refractivity contribution >= 4 is 10.0 Å². The summed E-state index contributed by atoms with van der Waals surface area (Å²) in [6.45, 7) is 4.70. The Hall–Kier alpha value is -0.340. The third-order valence-corrected chi connectivity index (χ3v) is 5.45. The predicted octanol–water partition coefficient (Wildman–Crippen LogP) is 2.12. The Morgan fingerprint density at radius 2 is 2.00 bits per heavy atom. The van der Waals surface area contributed by atoms with Crippen molar-refractivity contribution in [1.82, 2.24) is 9.62 Å². The molecule has 0 aromatic heterocycles. The molecule has 0 aromatic carbocycles. The lowest BCUT2D eigenvalue weighted by atomic mass is 10.2. The van der Waals surface area contributed by atoms with Crippen molar-refractivity contribution in [2.45, 2.75) is 57.8 Å². The Labute approximate surface area is 118 Å². The topological polar surface area (TPSA) is 49.4 Å². The number of sulfonamides is 1. The Kier molecular flexibility index (Phi) is 6.27. The first-order valence-electron chi connectivity index (χ1n) is 6.91. The van der Waals surface area contributed by atoms with Crippen LogP contribution in [0.2, 0.25) is 0 Å². The van der Waals surface area contributed by atoms with Gasteiger partial charge in [0.1, 0.15) is 0 Å². The minimum atomic E-state index is -4.30. The highest BCUT2D eigenvalue weighted by Gasteiger charge is 2.31. The summed E-state index contributed by atoms with van der Waals surface area (Å²) in [6.07, 6.45) is -3.83. The average Bonchev–Trinajstić information content (AvgIpc) is 2.75. The van der Waals surface area contributed by atoms with E-state index in [1.165, 1.54) is 4.31 Å². The van der Waals surface area contributed by atoms with Crippen LogP contribution < -0.4 is 5.32 Å². The summed E-state index contributed by atoms with van der Waals surface area (Å²) < 4.78 is 62.0. The van der Waals surface area contributed by atoms with E-state index in [2.05, 4.69) is 5.32 Å². The number of hydrogen-bond acceptors (Lipinski definition) is 3. The van der Waals surface area contributed by atoms with Gasteiger partial charge in [0.15, 0.2) is 0 Å². The third kappa shape index (κ3) is 5.97. The van der Waals surface area contributed by atoms with Crippen LogP contribution in [0.25, 0.3) is 0 Å². The number of halogens is 3. The fourth-order valence-corrected chi connectivity index (χ4v) is 4.14. The molecule has 0 spiro atoms. The van der Waals surface area contributed by atoms with Gasteiger partial charge >= 0.3 is 6.18 Å². The van der Waals surface area contributed by atoms with Crippen LogP contribution in [0.5, 0.6) is 0 Å². The van der Waals surface area contributed by atoms with E-state index >= 15 is 0 Å². The van der Waals surface area contributed by atoms with Gasteiger partial charge in [-0.05, 0) is 39.7 Å². The van der Waals surface area contributed by atoms with Gasteiger partial charge in [-0.3, -0.25) is 0 Å². The number of hydrogen-bond donors (Lipinski definition) is 1. The van der Waals surface area contributed by atoms with E-state index in [0.717, 1.165) is 19.4 Å². The molecule has 1 aliphatic rings. The molecule has 1 aliphatic heterocycles. The minimum absolute atomic E-state index is 0.106. The molecule has 0 bridgehead atoms. The van der Waals surface area contributed by atoms with Gasteiger partial charge in [-0.1, -0.05) is 0 Å². The molecule has 0 radical (unpaired) electrons. The van der Waals surface area contributed by atoms with Crippen LogP contribution in [0, 0.1) is 0 Å². The van der Waals surface area contributed by atoms with Crippen LogP contribution in [0.3, 0.4) is 0 Å². The lowest BCUT2D eigenvalue weighted by molar-refractivity contribution is -0.134. The third-order valence-electron chi connectivity index (χ3n) is 3.36. The summed E-state index contributed by atoms with van der Waals surface area (Å²) >= 11 is 0. The molecule has 120 valence electrons. The van der Waals surface area contributed by atoms with Crippen molar-refractivity contribution in [3.63, 3.8) is 0 Å². The second-order valence-electron chi connectivity index (χ2n) is 5.49. The highest BCUT2D eigenvalue weighted by Crippen LogP contribution is 2.22. The lowest BCUT2D eigenvalue weighted by Crippen LogP contribution is -2.45. The van der Waals surface area contributed by atoms with Crippen LogP contribution in [0.15, 0.2) is 0 Å². The normalized spacial score (nSPS) is 21.1. The van der Waals surface area contributed by atoms with E-state index in [0.29, 0.717) is 6.54 Å². The van der Waals surface area contributed by atoms with Crippen LogP contribution in [0.1, 0.15) is 39.5 Å². The fraction of sp³-hybridized carbons (Fsp3) is 1.00. The summed E-state index contributed by atoms with van der Waals surface area (Å²) in [5.74, 6) is -0.447. The Morgan fingerprint density at radius 3 is 2.45 bits per heavy atom. The first kappa shape index (κ1) is 17.7. The molecule has 0 amide bonds. The van der Waals surface area contributed by atoms with Gasteiger partial charge < -0.3 is 5.32 Å². The highest BCUT2D eigenvalue weighted by molar-refractivity contribution is 7.89. The molecule has 8 heteroatoms. The monoisotopic (exact) mass is 316 g/mol. The van der Waals surface area contributed by atoms with E-state index < -0.39 is 28.4 Å². The zero-order valence-corrected chi connectivity index (χ0v) is 12.7. The number of nitrogens with zero attached hydrogens (tertiary/aromatic N) is 1. The standard InChI is InChI=1S/C12H23F3N2O2S/c1-10(2)17(9-11-5-3-7-16-11)20(18,19)8-4-6-12(13,14)15/h10-11,16H,3-9H2,1-2H3. The number of rotatable bonds is 7. The van der Waals surface area contributed by atoms with Crippen molar-refractivity contribution in [1.29, 1.82) is 0 Å². The smallest absolute Gasteiger partial charge is 0.313 e. The predicted molar refractivity (Wildman–Crippen MR) is 71.9 cm³/mol. The van der Waals surface area contributed by atoms with Gasteiger partial charge in [0.25, 0.3) is 0 Å². The van der Waals surface area contributed by atoms with Crippen molar-refractivity contribution < 1.29 is 21.6 Å². The number of alkyl halides is 3. The fourth-order valence-electron chi connectivity index (χ4n) is 2.35. The van der Waals surface area contributed by atoms with Crippen molar-refractivity contribution in [2.24, 2.45) is 0 Å². The maximum atomic E-state index is 12.2. The van der Waals surface area contributed by atoms with Crippen LogP contribution in [-0.4, -0.2) is 49.8 Å². The second kappa shape index (κ2) is 7.09. The van der Waals surface area contributed by atoms with E-state index in [-0.39, 0.29) is 18.5 Å². The largest absolute Gasteiger partial charge is 0.389 e. The Bertz CT molecular complexity index is 390. The van der Waals surface area contributed by atoms with E-state index in [1.54, 1.807) is 13.8 Å². The van der Waals surface area contributed by atoms with E-state index in [9.17, 15) is 21.6 Å². The van der Waals surface area contributed by atoms with Gasteiger partial charge in [-0.2, -0.15) is 17.5 Å². The van der Waals surface area contributed by atoms with Crippen LogP contribution >= 0.6 is 0 Å². The van der Waals surface area contributed by atoms with Gasteiger partial charge in [-0.25, -0.2) is 8.42 Å². The molecule has 1 atom stereocenters. The van der Waals surface area contributed by atoms with Crippen molar-refractivity contribution in [3.8, 4) is 0 Å². The quantitative estimate of drug-likeness (QED) is 0.783. The summed E-state index contributed by atoms with van der Waals surface area (Å²) in [6, 6.07) is -0.136. The molecule has 20 heavy (non-hydrogen) atoms. The van der Waals surface area contributed by atoms with Crippen molar-refractivity contribution in [2.75, 3.05) is 18.8 Å². The molecular weight excluding hydrogens is 293 g/mol. The minimum Gasteiger partial charge on any atom is -0.313 e. The molecule has 1 saturated heterocycles. The Morgan fingerprint density at radius 1 is 1.35 bits per heavy atom. The van der Waals surface area contributed by atoms with Crippen LogP contribution in [0.4, 0.5) is 13.2 Å². The Balaban J connectivity index is 2.59. The van der Waals surface area contributed by atoms with E-state index in [4.69, 9.17) is 0 Å². The summed E-state index contributed by atoms with van der Waals surface area (Å²) in [5, 5.41) is 3.21. The maximum Gasteiger partial charge on any atom is 0.389 e. The molecular formula is C12H23F3N2O2S. The van der Waals surface area contributed by atoms with Gasteiger partial charge in [0, 0.05) is 25.0 Å². The van der Waals surface area contributed by atoms with Gasteiger partial charge in [0.05, 0.1) is 5.75 Å². The molecule has 1 unspecified atom stereocenters. The lowest BCUT2D eigenvalue weighted by Gasteiger charge is -2.28. The molecule has 1 rings (SSSR count). The molecule has 0 saturated carbocycles. The molecule has 1 heterocycles. The molecule has 1 fully saturated rings. The first-order chi connectivity index (χ1) is 9.12. The number of nitrogens with one attached hydrogen (secondary N) is 1. The second-order valence-corrected chi connectivity index (χ2v) is 7.53. The molecule has 4 nitrogen and oxygen atoms in total. The SMILES string of the molecule is CC(C)N(CC1CCCN1)S(=O)(=O)CCCC(F)(F)F. The zero-order chi connectivity index (χ0) is 15.4. The molecule has 0 aromatic rings. The van der Waals surface area contributed by atoms with Gasteiger partial charge in [-0.15, -0.1) is 0 Å². The average molecular weight is 316 g/mol. The molecule has 0 aliphatic carbocycles. The van der Waals surface area contributed by atoms with Crippen molar-refractivity contribution in [3.05, 3.63) is 0 Å². The zero-order valence-electron chi connectivity index (χ0n) is 11.9. The van der Waals surface area contributed by atoms with E-state index in [1.807, 2.05) is 0 Å². The first-order valence-corrected chi connectivity index (χ1v) is 8.52. The van der Waals surface area contributed by atoms with Gasteiger partial charge in [0.2, 0.25) is 10.0 Å². The molecule has 1 N–H and O–H groups in total. The summed E-state index contributed by atoms with van der Waals surface area (Å²) in [5.41, 5.74) is 0. The highest BCUT2D eigenvalue weighted by atomic mass is 32.2.